The number of hydrogen-bond acceptors (Lipinski definition) is 5. The van der Waals surface area contributed by atoms with Crippen LogP contribution in [-0.4, -0.2) is 42.9 Å². The van der Waals surface area contributed by atoms with E-state index >= 15 is 0 Å². The summed E-state index contributed by atoms with van der Waals surface area (Å²) < 4.78 is 1.80. The average Bonchev–Trinajstić information content (AvgIpc) is 3.40. The predicted molar refractivity (Wildman–Crippen MR) is 123 cm³/mol. The summed E-state index contributed by atoms with van der Waals surface area (Å²) in [4.78, 5) is 40.8. The first-order valence-electron chi connectivity index (χ1n) is 10.5. The summed E-state index contributed by atoms with van der Waals surface area (Å²) in [6, 6.07) is 9.15. The number of Topliss-reactive ketones (excluding diaryl/α,β-unsaturated/α-hetero) is 1. The van der Waals surface area contributed by atoms with E-state index in [1.165, 1.54) is 0 Å². The normalized spacial score (nSPS) is 11.1. The van der Waals surface area contributed by atoms with E-state index in [1.807, 2.05) is 51.1 Å². The van der Waals surface area contributed by atoms with Crippen LogP contribution >= 0.6 is 0 Å². The first kappa shape index (κ1) is 21.2. The second-order valence-electron chi connectivity index (χ2n) is 7.86. The van der Waals surface area contributed by atoms with Crippen LogP contribution in [0.1, 0.15) is 37.7 Å². The molecule has 3 heterocycles. The lowest BCUT2D eigenvalue weighted by Gasteiger charge is -2.07. The van der Waals surface area contributed by atoms with Gasteiger partial charge in [-0.2, -0.15) is 0 Å². The van der Waals surface area contributed by atoms with Crippen molar-refractivity contribution in [1.82, 2.24) is 29.8 Å². The van der Waals surface area contributed by atoms with Crippen LogP contribution in [0.2, 0.25) is 0 Å². The van der Waals surface area contributed by atoms with Crippen LogP contribution < -0.4 is 10.6 Å². The Labute approximate surface area is 185 Å². The molecule has 0 saturated heterocycles. The minimum Gasteiger partial charge on any atom is -0.338 e. The highest BCUT2D eigenvalue weighted by Gasteiger charge is 2.16. The van der Waals surface area contributed by atoms with Gasteiger partial charge in [0.05, 0.1) is 11.2 Å². The van der Waals surface area contributed by atoms with E-state index in [-0.39, 0.29) is 17.7 Å². The second-order valence-corrected chi connectivity index (χ2v) is 7.86. The van der Waals surface area contributed by atoms with Crippen molar-refractivity contribution in [2.45, 2.75) is 27.2 Å². The summed E-state index contributed by atoms with van der Waals surface area (Å²) in [6.07, 6.45) is 5.53. The number of H-pyrrole nitrogens is 1. The van der Waals surface area contributed by atoms with Gasteiger partial charge in [0.2, 0.25) is 5.95 Å². The Morgan fingerprint density at radius 1 is 1.19 bits per heavy atom. The number of aromatic amines is 1. The van der Waals surface area contributed by atoms with Gasteiger partial charge in [-0.05, 0) is 37.1 Å². The predicted octanol–water partition coefficient (Wildman–Crippen LogP) is 4.18. The Kier molecular flexibility index (Phi) is 5.98. The average molecular weight is 432 g/mol. The topological polar surface area (TPSA) is 118 Å². The molecule has 4 aromatic rings. The molecule has 32 heavy (non-hydrogen) atoms. The lowest BCUT2D eigenvalue weighted by molar-refractivity contribution is 0.0963. The molecule has 164 valence electrons. The molecular weight excluding hydrogens is 406 g/mol. The molecule has 0 spiro atoms. The number of hydrogen-bond donors (Lipinski definition) is 3. The van der Waals surface area contributed by atoms with Crippen LogP contribution in [0.3, 0.4) is 0 Å². The quantitative estimate of drug-likeness (QED) is 0.379. The van der Waals surface area contributed by atoms with Crippen LogP contribution in [0.5, 0.6) is 0 Å². The van der Waals surface area contributed by atoms with E-state index < -0.39 is 0 Å². The van der Waals surface area contributed by atoms with Crippen molar-refractivity contribution in [3.05, 3.63) is 54.7 Å². The van der Waals surface area contributed by atoms with Gasteiger partial charge in [0.25, 0.3) is 0 Å². The van der Waals surface area contributed by atoms with Gasteiger partial charge in [-0.25, -0.2) is 14.8 Å². The molecule has 4 rings (SSSR count). The number of rotatable bonds is 7. The van der Waals surface area contributed by atoms with Crippen LogP contribution in [0.25, 0.3) is 28.0 Å². The Bertz CT molecular complexity index is 1260. The van der Waals surface area contributed by atoms with Crippen molar-refractivity contribution in [3.63, 3.8) is 0 Å². The lowest BCUT2D eigenvalue weighted by Crippen LogP contribution is -2.28. The standard InChI is InChI=1S/C23H25N7O2/c1-4-24-23(32)29-22-27-18-11-15(30-12-19(26-13-30)20(31)9-14(2)3)10-16(21(18)28-22)17-7-5-6-8-25-17/h5-8,10-14H,4,9H2,1-3H3,(H3,24,27,28,29,32). The number of benzene rings is 1. The molecule has 0 aliphatic rings. The fourth-order valence-electron chi connectivity index (χ4n) is 3.42. The monoisotopic (exact) mass is 431 g/mol. The summed E-state index contributed by atoms with van der Waals surface area (Å²) in [5.74, 6) is 0.610. The minimum atomic E-state index is -0.339. The van der Waals surface area contributed by atoms with Crippen molar-refractivity contribution in [3.8, 4) is 16.9 Å². The Morgan fingerprint density at radius 2 is 2.03 bits per heavy atom. The van der Waals surface area contributed by atoms with E-state index in [0.717, 1.165) is 22.5 Å². The highest BCUT2D eigenvalue weighted by atomic mass is 16.2. The van der Waals surface area contributed by atoms with Gasteiger partial charge in [0.1, 0.15) is 17.5 Å². The van der Waals surface area contributed by atoms with Crippen LogP contribution in [0.15, 0.2) is 49.1 Å². The lowest BCUT2D eigenvalue weighted by atomic mass is 10.1. The third kappa shape index (κ3) is 4.51. The molecule has 0 aliphatic carbocycles. The summed E-state index contributed by atoms with van der Waals surface area (Å²) in [5.41, 5.74) is 4.16. The van der Waals surface area contributed by atoms with Gasteiger partial charge in [-0.1, -0.05) is 19.9 Å². The third-order valence-corrected chi connectivity index (χ3v) is 4.84. The van der Waals surface area contributed by atoms with E-state index in [2.05, 4.69) is 30.6 Å². The number of urea groups is 1. The number of amides is 2. The van der Waals surface area contributed by atoms with Gasteiger partial charge in [0, 0.05) is 36.6 Å². The van der Waals surface area contributed by atoms with E-state index in [0.29, 0.717) is 30.1 Å². The van der Waals surface area contributed by atoms with Crippen molar-refractivity contribution in [1.29, 1.82) is 0 Å². The van der Waals surface area contributed by atoms with Crippen molar-refractivity contribution < 1.29 is 9.59 Å². The maximum absolute atomic E-state index is 12.4. The van der Waals surface area contributed by atoms with E-state index in [4.69, 9.17) is 0 Å². The van der Waals surface area contributed by atoms with Crippen LogP contribution in [0.4, 0.5) is 10.7 Å². The molecule has 0 radical (unpaired) electrons. The molecule has 0 atom stereocenters. The number of nitrogens with one attached hydrogen (secondary N) is 3. The molecular formula is C23H25N7O2. The Hall–Kier alpha value is -4.01. The number of pyridine rings is 1. The van der Waals surface area contributed by atoms with Crippen molar-refractivity contribution in [2.24, 2.45) is 5.92 Å². The fourth-order valence-corrected chi connectivity index (χ4v) is 3.42. The van der Waals surface area contributed by atoms with Crippen molar-refractivity contribution >= 4 is 28.8 Å². The zero-order chi connectivity index (χ0) is 22.7. The number of carbonyl (C=O) groups is 2. The van der Waals surface area contributed by atoms with E-state index in [1.54, 1.807) is 23.3 Å². The third-order valence-electron chi connectivity index (χ3n) is 4.84. The second kappa shape index (κ2) is 9.01. The van der Waals surface area contributed by atoms with Gasteiger partial charge < -0.3 is 14.9 Å². The summed E-state index contributed by atoms with van der Waals surface area (Å²) in [6.45, 7) is 6.36. The number of nitrogens with zero attached hydrogens (tertiary/aromatic N) is 4. The number of fused-ring (bicyclic) bond motifs is 1. The van der Waals surface area contributed by atoms with Gasteiger partial charge in [-0.3, -0.25) is 15.1 Å². The summed E-state index contributed by atoms with van der Waals surface area (Å²) in [7, 11) is 0. The molecule has 0 unspecified atom stereocenters. The number of ketones is 1. The highest BCUT2D eigenvalue weighted by Crippen LogP contribution is 2.30. The van der Waals surface area contributed by atoms with Crippen LogP contribution in [-0.2, 0) is 0 Å². The van der Waals surface area contributed by atoms with Gasteiger partial charge >= 0.3 is 6.03 Å². The molecule has 0 fully saturated rings. The van der Waals surface area contributed by atoms with Gasteiger partial charge in [-0.15, -0.1) is 0 Å². The Balaban J connectivity index is 1.78. The van der Waals surface area contributed by atoms with E-state index in [9.17, 15) is 9.59 Å². The summed E-state index contributed by atoms with van der Waals surface area (Å²) in [5, 5.41) is 5.39. The Morgan fingerprint density at radius 3 is 2.75 bits per heavy atom. The molecule has 0 bridgehead atoms. The number of anilines is 1. The first-order chi connectivity index (χ1) is 15.4. The molecule has 2 amide bonds. The number of carbonyl (C=O) groups excluding carboxylic acids is 2. The number of imidazole rings is 2. The largest absolute Gasteiger partial charge is 0.338 e. The molecule has 9 nitrogen and oxygen atoms in total. The smallest absolute Gasteiger partial charge is 0.321 e. The maximum Gasteiger partial charge on any atom is 0.321 e. The molecule has 1 aromatic carbocycles. The molecule has 3 N–H and O–H groups in total. The zero-order valence-electron chi connectivity index (χ0n) is 18.2. The molecule has 0 aliphatic heterocycles. The molecule has 3 aromatic heterocycles. The molecule has 9 heteroatoms. The SMILES string of the molecule is CCNC(=O)Nc1nc2c(-c3ccccn3)cc(-n3cnc(C(=O)CC(C)C)c3)cc2[nH]1. The zero-order valence-corrected chi connectivity index (χ0v) is 18.2. The highest BCUT2D eigenvalue weighted by molar-refractivity contribution is 5.97. The minimum absolute atomic E-state index is 0.0136. The first-order valence-corrected chi connectivity index (χ1v) is 10.5. The van der Waals surface area contributed by atoms with Gasteiger partial charge in [0.15, 0.2) is 5.78 Å². The fraction of sp³-hybridized carbons (Fsp3) is 0.261. The summed E-state index contributed by atoms with van der Waals surface area (Å²) >= 11 is 0. The number of aromatic nitrogens is 5. The molecule has 0 saturated carbocycles. The van der Waals surface area contributed by atoms with Crippen molar-refractivity contribution in [2.75, 3.05) is 11.9 Å². The van der Waals surface area contributed by atoms with Crippen LogP contribution in [0, 0.1) is 5.92 Å². The maximum atomic E-state index is 12.4.